The molecule has 0 aliphatic carbocycles. The molecule has 19 heavy (non-hydrogen) atoms. The summed E-state index contributed by atoms with van der Waals surface area (Å²) in [5, 5.41) is 0.172. The highest BCUT2D eigenvalue weighted by molar-refractivity contribution is 6.30. The standard InChI is InChI=1S/C16H15Cl2F/c17-11-13(9-12-5-2-1-3-6-12)10-14-7-4-8-15(18)16(14)19/h1-8,13H,9-11H2. The highest BCUT2D eigenvalue weighted by Gasteiger charge is 2.14. The molecule has 0 N–H and O–H groups in total. The molecule has 2 rings (SSSR count). The first-order valence-electron chi connectivity index (χ1n) is 6.23. The van der Waals surface area contributed by atoms with Crippen molar-refractivity contribution in [3.05, 3.63) is 70.5 Å². The van der Waals surface area contributed by atoms with Crippen molar-refractivity contribution in [2.24, 2.45) is 5.92 Å². The van der Waals surface area contributed by atoms with Crippen molar-refractivity contribution >= 4 is 23.2 Å². The van der Waals surface area contributed by atoms with E-state index in [4.69, 9.17) is 23.2 Å². The van der Waals surface area contributed by atoms with E-state index < -0.39 is 0 Å². The monoisotopic (exact) mass is 296 g/mol. The first kappa shape index (κ1) is 14.4. The summed E-state index contributed by atoms with van der Waals surface area (Å²) in [6, 6.07) is 15.2. The van der Waals surface area contributed by atoms with Gasteiger partial charge in [0.25, 0.3) is 0 Å². The SMILES string of the molecule is Fc1c(Cl)cccc1CC(CCl)Cc1ccccc1. The molecule has 0 spiro atoms. The normalized spacial score (nSPS) is 12.4. The zero-order valence-corrected chi connectivity index (χ0v) is 12.0. The Bertz CT molecular complexity index is 526. The molecular formula is C16H15Cl2F. The number of hydrogen-bond donors (Lipinski definition) is 0. The molecule has 1 atom stereocenters. The van der Waals surface area contributed by atoms with Gasteiger partial charge in [-0.25, -0.2) is 4.39 Å². The second kappa shape index (κ2) is 6.93. The van der Waals surface area contributed by atoms with Crippen molar-refractivity contribution in [3.8, 4) is 0 Å². The molecule has 0 aliphatic heterocycles. The summed E-state index contributed by atoms with van der Waals surface area (Å²) >= 11 is 11.8. The maximum atomic E-state index is 13.9. The molecule has 0 radical (unpaired) electrons. The first-order chi connectivity index (χ1) is 9.20. The van der Waals surface area contributed by atoms with Gasteiger partial charge in [0.2, 0.25) is 0 Å². The van der Waals surface area contributed by atoms with Gasteiger partial charge in [0, 0.05) is 5.88 Å². The number of hydrogen-bond acceptors (Lipinski definition) is 0. The first-order valence-corrected chi connectivity index (χ1v) is 7.14. The minimum atomic E-state index is -0.327. The fourth-order valence-corrected chi connectivity index (χ4v) is 2.56. The van der Waals surface area contributed by atoms with Gasteiger partial charge in [0.1, 0.15) is 5.82 Å². The van der Waals surface area contributed by atoms with Crippen molar-refractivity contribution in [2.75, 3.05) is 5.88 Å². The molecule has 100 valence electrons. The van der Waals surface area contributed by atoms with E-state index in [-0.39, 0.29) is 16.8 Å². The van der Waals surface area contributed by atoms with Gasteiger partial charge in [-0.1, -0.05) is 54.1 Å². The summed E-state index contributed by atoms with van der Waals surface area (Å²) in [4.78, 5) is 0. The second-order valence-electron chi connectivity index (χ2n) is 4.63. The minimum absolute atomic E-state index is 0.172. The molecule has 0 saturated heterocycles. The molecule has 0 heterocycles. The second-order valence-corrected chi connectivity index (χ2v) is 5.34. The van der Waals surface area contributed by atoms with Gasteiger partial charge < -0.3 is 0 Å². The summed E-state index contributed by atoms with van der Waals surface area (Å²) in [5.74, 6) is 0.380. The molecule has 2 aromatic carbocycles. The lowest BCUT2D eigenvalue weighted by molar-refractivity contribution is 0.546. The smallest absolute Gasteiger partial charge is 0.144 e. The predicted octanol–water partition coefficient (Wildman–Crippen LogP) is 5.12. The Morgan fingerprint density at radius 1 is 0.947 bits per heavy atom. The molecule has 0 bridgehead atoms. The zero-order valence-electron chi connectivity index (χ0n) is 10.5. The van der Waals surface area contributed by atoms with E-state index in [1.54, 1.807) is 18.2 Å². The topological polar surface area (TPSA) is 0 Å². The Kier molecular flexibility index (Phi) is 5.24. The molecule has 0 nitrogen and oxygen atoms in total. The van der Waals surface area contributed by atoms with Crippen molar-refractivity contribution in [3.63, 3.8) is 0 Å². The van der Waals surface area contributed by atoms with E-state index in [1.807, 2.05) is 18.2 Å². The summed E-state index contributed by atoms with van der Waals surface area (Å²) < 4.78 is 13.9. The van der Waals surface area contributed by atoms with Crippen LogP contribution in [0.1, 0.15) is 11.1 Å². The van der Waals surface area contributed by atoms with Crippen molar-refractivity contribution in [1.82, 2.24) is 0 Å². The Labute approximate surface area is 123 Å². The number of benzene rings is 2. The van der Waals surface area contributed by atoms with Crippen LogP contribution in [0.5, 0.6) is 0 Å². The maximum Gasteiger partial charge on any atom is 0.144 e. The van der Waals surface area contributed by atoms with Gasteiger partial charge in [0.05, 0.1) is 5.02 Å². The number of halogens is 3. The van der Waals surface area contributed by atoms with E-state index in [1.165, 1.54) is 5.56 Å². The third kappa shape index (κ3) is 3.95. The molecule has 2 aromatic rings. The summed E-state index contributed by atoms with van der Waals surface area (Å²) in [7, 11) is 0. The van der Waals surface area contributed by atoms with E-state index in [9.17, 15) is 4.39 Å². The van der Waals surface area contributed by atoms with Crippen LogP contribution in [0.2, 0.25) is 5.02 Å². The van der Waals surface area contributed by atoms with Crippen LogP contribution in [0.15, 0.2) is 48.5 Å². The third-order valence-electron chi connectivity index (χ3n) is 3.13. The summed E-state index contributed by atoms with van der Waals surface area (Å²) in [6.45, 7) is 0. The van der Waals surface area contributed by atoms with Gasteiger partial charge >= 0.3 is 0 Å². The average Bonchev–Trinajstić information content (AvgIpc) is 2.44. The lowest BCUT2D eigenvalue weighted by Gasteiger charge is -2.15. The van der Waals surface area contributed by atoms with Gasteiger partial charge in [-0.2, -0.15) is 0 Å². The Morgan fingerprint density at radius 2 is 1.68 bits per heavy atom. The quantitative estimate of drug-likeness (QED) is 0.672. The van der Waals surface area contributed by atoms with Crippen LogP contribution in [0, 0.1) is 11.7 Å². The summed E-state index contributed by atoms with van der Waals surface area (Å²) in [6.07, 6.45) is 1.45. The van der Waals surface area contributed by atoms with E-state index in [0.717, 1.165) is 6.42 Å². The summed E-state index contributed by atoms with van der Waals surface area (Å²) in [5.41, 5.74) is 1.85. The van der Waals surface area contributed by atoms with Crippen LogP contribution in [0.3, 0.4) is 0 Å². The van der Waals surface area contributed by atoms with Gasteiger partial charge in [0.15, 0.2) is 0 Å². The molecule has 0 aromatic heterocycles. The van der Waals surface area contributed by atoms with E-state index in [2.05, 4.69) is 12.1 Å². The van der Waals surface area contributed by atoms with Crippen LogP contribution in [-0.2, 0) is 12.8 Å². The van der Waals surface area contributed by atoms with E-state index >= 15 is 0 Å². The molecule has 0 amide bonds. The lowest BCUT2D eigenvalue weighted by Crippen LogP contribution is -2.11. The van der Waals surface area contributed by atoms with Crippen molar-refractivity contribution < 1.29 is 4.39 Å². The highest BCUT2D eigenvalue weighted by atomic mass is 35.5. The fourth-order valence-electron chi connectivity index (χ4n) is 2.15. The lowest BCUT2D eigenvalue weighted by atomic mass is 9.94. The number of rotatable bonds is 5. The van der Waals surface area contributed by atoms with Gasteiger partial charge in [-0.3, -0.25) is 0 Å². The molecule has 3 heteroatoms. The Balaban J connectivity index is 2.09. The largest absolute Gasteiger partial charge is 0.205 e. The van der Waals surface area contributed by atoms with E-state index in [0.29, 0.717) is 17.9 Å². The number of alkyl halides is 1. The minimum Gasteiger partial charge on any atom is -0.205 e. The van der Waals surface area contributed by atoms with Crippen LogP contribution < -0.4 is 0 Å². The predicted molar refractivity (Wildman–Crippen MR) is 79.5 cm³/mol. The van der Waals surface area contributed by atoms with Gasteiger partial charge in [-0.15, -0.1) is 11.6 Å². The van der Waals surface area contributed by atoms with Crippen LogP contribution in [0.4, 0.5) is 4.39 Å². The Morgan fingerprint density at radius 3 is 2.37 bits per heavy atom. The molecule has 0 saturated carbocycles. The van der Waals surface area contributed by atoms with Crippen LogP contribution in [-0.4, -0.2) is 5.88 Å². The van der Waals surface area contributed by atoms with Crippen LogP contribution in [0.25, 0.3) is 0 Å². The fraction of sp³-hybridized carbons (Fsp3) is 0.250. The maximum absolute atomic E-state index is 13.9. The molecule has 0 aliphatic rings. The molecule has 0 fully saturated rings. The third-order valence-corrected chi connectivity index (χ3v) is 3.85. The van der Waals surface area contributed by atoms with Crippen molar-refractivity contribution in [1.29, 1.82) is 0 Å². The average molecular weight is 297 g/mol. The van der Waals surface area contributed by atoms with Crippen LogP contribution >= 0.6 is 23.2 Å². The molecular weight excluding hydrogens is 282 g/mol. The zero-order chi connectivity index (χ0) is 13.7. The van der Waals surface area contributed by atoms with Crippen molar-refractivity contribution in [2.45, 2.75) is 12.8 Å². The highest BCUT2D eigenvalue weighted by Crippen LogP contribution is 2.22. The Hall–Kier alpha value is -1.05. The molecule has 1 unspecified atom stereocenters. The van der Waals surface area contributed by atoms with Gasteiger partial charge in [-0.05, 0) is 36.0 Å².